The van der Waals surface area contributed by atoms with Gasteiger partial charge in [0.2, 0.25) is 0 Å². The van der Waals surface area contributed by atoms with Crippen LogP contribution in [-0.4, -0.2) is 9.78 Å². The Bertz CT molecular complexity index is 350. The summed E-state index contributed by atoms with van der Waals surface area (Å²) in [6, 6.07) is 0.188. The van der Waals surface area contributed by atoms with Gasteiger partial charge >= 0.3 is 0 Å². The molecule has 1 aliphatic carbocycles. The van der Waals surface area contributed by atoms with E-state index in [2.05, 4.69) is 25.1 Å². The van der Waals surface area contributed by atoms with Gasteiger partial charge in [-0.05, 0) is 31.6 Å². The van der Waals surface area contributed by atoms with E-state index in [1.54, 1.807) is 0 Å². The molecule has 1 aromatic rings. The first-order valence-corrected chi connectivity index (χ1v) is 7.52. The molecule has 0 spiro atoms. The monoisotopic (exact) mass is 249 g/mol. The fourth-order valence-corrected chi connectivity index (χ4v) is 3.24. The smallest absolute Gasteiger partial charge is 0.0537 e. The first-order valence-electron chi connectivity index (χ1n) is 7.52. The van der Waals surface area contributed by atoms with Crippen LogP contribution in [0.25, 0.3) is 0 Å². The Morgan fingerprint density at radius 3 is 2.61 bits per heavy atom. The highest BCUT2D eigenvalue weighted by Gasteiger charge is 2.26. The van der Waals surface area contributed by atoms with Crippen molar-refractivity contribution in [1.82, 2.24) is 9.78 Å². The van der Waals surface area contributed by atoms with Gasteiger partial charge in [-0.15, -0.1) is 0 Å². The molecule has 1 saturated carbocycles. The Morgan fingerprint density at radius 1 is 1.33 bits per heavy atom. The number of nitrogens with two attached hydrogens (primary N) is 1. The second-order valence-electron chi connectivity index (χ2n) is 5.72. The summed E-state index contributed by atoms with van der Waals surface area (Å²) in [4.78, 5) is 0. The zero-order valence-electron chi connectivity index (χ0n) is 11.8. The maximum Gasteiger partial charge on any atom is 0.0537 e. The lowest BCUT2D eigenvalue weighted by Crippen LogP contribution is -2.25. The van der Waals surface area contributed by atoms with E-state index < -0.39 is 0 Å². The fourth-order valence-electron chi connectivity index (χ4n) is 3.24. The number of hydrogen-bond acceptors (Lipinski definition) is 2. The van der Waals surface area contributed by atoms with Gasteiger partial charge in [-0.3, -0.25) is 4.68 Å². The second kappa shape index (κ2) is 6.37. The summed E-state index contributed by atoms with van der Waals surface area (Å²) >= 11 is 0. The van der Waals surface area contributed by atoms with Crippen molar-refractivity contribution >= 4 is 0 Å². The maximum absolute atomic E-state index is 6.40. The Morgan fingerprint density at radius 2 is 2.06 bits per heavy atom. The number of hydrogen-bond donors (Lipinski definition) is 1. The molecule has 102 valence electrons. The Kier molecular flexibility index (Phi) is 4.81. The van der Waals surface area contributed by atoms with Gasteiger partial charge in [0.15, 0.2) is 0 Å². The molecule has 0 saturated heterocycles. The second-order valence-corrected chi connectivity index (χ2v) is 5.72. The van der Waals surface area contributed by atoms with Crippen molar-refractivity contribution in [2.75, 3.05) is 0 Å². The molecule has 1 heterocycles. The predicted molar refractivity (Wildman–Crippen MR) is 75.2 cm³/mol. The molecule has 0 amide bonds. The summed E-state index contributed by atoms with van der Waals surface area (Å²) in [5.41, 5.74) is 7.62. The zero-order valence-corrected chi connectivity index (χ0v) is 11.8. The normalized spacial score (nSPS) is 26.2. The third-order valence-electron chi connectivity index (χ3n) is 4.46. The van der Waals surface area contributed by atoms with Crippen LogP contribution in [0, 0.1) is 11.8 Å². The van der Waals surface area contributed by atoms with Gasteiger partial charge in [0.05, 0.1) is 6.20 Å². The van der Waals surface area contributed by atoms with Crippen molar-refractivity contribution in [3.63, 3.8) is 0 Å². The highest BCUT2D eigenvalue weighted by molar-refractivity contribution is 5.11. The van der Waals surface area contributed by atoms with Gasteiger partial charge in [-0.2, -0.15) is 5.10 Å². The molecule has 1 aromatic heterocycles. The lowest BCUT2D eigenvalue weighted by molar-refractivity contribution is 0.234. The highest BCUT2D eigenvalue weighted by atomic mass is 15.3. The molecule has 0 aromatic carbocycles. The maximum atomic E-state index is 6.40. The van der Waals surface area contributed by atoms with Crippen LogP contribution in [0.1, 0.15) is 64.0 Å². The van der Waals surface area contributed by atoms with Gasteiger partial charge in [-0.25, -0.2) is 0 Å². The number of nitrogens with zero attached hydrogens (tertiary/aromatic N) is 2. The Hall–Kier alpha value is -0.830. The molecule has 2 rings (SSSR count). The van der Waals surface area contributed by atoms with Crippen LogP contribution in [-0.2, 0) is 6.54 Å². The van der Waals surface area contributed by atoms with Crippen LogP contribution >= 0.6 is 0 Å². The summed E-state index contributed by atoms with van der Waals surface area (Å²) in [6.07, 6.45) is 12.1. The van der Waals surface area contributed by atoms with Crippen LogP contribution < -0.4 is 5.73 Å². The van der Waals surface area contributed by atoms with Crippen molar-refractivity contribution in [2.24, 2.45) is 17.6 Å². The van der Waals surface area contributed by atoms with Gasteiger partial charge in [0.1, 0.15) is 0 Å². The molecule has 0 aliphatic heterocycles. The van der Waals surface area contributed by atoms with E-state index in [-0.39, 0.29) is 6.04 Å². The number of aromatic nitrogens is 2. The fraction of sp³-hybridized carbons (Fsp3) is 0.800. The zero-order chi connectivity index (χ0) is 13.0. The van der Waals surface area contributed by atoms with Crippen molar-refractivity contribution in [3.8, 4) is 0 Å². The van der Waals surface area contributed by atoms with Crippen LogP contribution in [0.3, 0.4) is 0 Å². The van der Waals surface area contributed by atoms with E-state index >= 15 is 0 Å². The Labute approximate surface area is 111 Å². The van der Waals surface area contributed by atoms with Gasteiger partial charge < -0.3 is 5.73 Å². The SMILES string of the molecule is CCCC1CCC(C(N)c2cnn(CC)c2)CC1. The summed E-state index contributed by atoms with van der Waals surface area (Å²) in [5.74, 6) is 1.62. The van der Waals surface area contributed by atoms with E-state index in [4.69, 9.17) is 5.73 Å². The van der Waals surface area contributed by atoms with Crippen molar-refractivity contribution in [3.05, 3.63) is 18.0 Å². The lowest BCUT2D eigenvalue weighted by atomic mass is 9.76. The van der Waals surface area contributed by atoms with Gasteiger partial charge in [-0.1, -0.05) is 32.6 Å². The predicted octanol–water partition coefficient (Wildman–Crippen LogP) is 3.51. The van der Waals surface area contributed by atoms with Gasteiger partial charge in [0, 0.05) is 24.3 Å². The molecule has 2 N–H and O–H groups in total. The average molecular weight is 249 g/mol. The van der Waals surface area contributed by atoms with Crippen molar-refractivity contribution in [2.45, 2.75) is 65.0 Å². The molecular formula is C15H27N3. The molecule has 1 fully saturated rings. The van der Waals surface area contributed by atoms with E-state index in [0.717, 1.165) is 12.5 Å². The van der Waals surface area contributed by atoms with E-state index in [1.807, 2.05) is 10.9 Å². The quantitative estimate of drug-likeness (QED) is 0.868. The first-order chi connectivity index (χ1) is 8.74. The molecular weight excluding hydrogens is 222 g/mol. The minimum absolute atomic E-state index is 0.188. The largest absolute Gasteiger partial charge is 0.324 e. The molecule has 3 heteroatoms. The lowest BCUT2D eigenvalue weighted by Gasteiger charge is -2.31. The van der Waals surface area contributed by atoms with E-state index in [9.17, 15) is 0 Å². The molecule has 0 radical (unpaired) electrons. The standard InChI is InChI=1S/C15H27N3/c1-3-5-12-6-8-13(9-7-12)15(16)14-10-17-18(4-2)11-14/h10-13,15H,3-9,16H2,1-2H3. The third kappa shape index (κ3) is 3.14. The Balaban J connectivity index is 1.88. The van der Waals surface area contributed by atoms with Crippen LogP contribution in [0.15, 0.2) is 12.4 Å². The van der Waals surface area contributed by atoms with E-state index in [0.29, 0.717) is 5.92 Å². The molecule has 1 unspecified atom stereocenters. The summed E-state index contributed by atoms with van der Waals surface area (Å²) < 4.78 is 1.97. The molecule has 1 aliphatic rings. The van der Waals surface area contributed by atoms with E-state index in [1.165, 1.54) is 44.1 Å². The number of rotatable bonds is 5. The topological polar surface area (TPSA) is 43.8 Å². The van der Waals surface area contributed by atoms with Crippen molar-refractivity contribution in [1.29, 1.82) is 0 Å². The molecule has 18 heavy (non-hydrogen) atoms. The van der Waals surface area contributed by atoms with Gasteiger partial charge in [0.25, 0.3) is 0 Å². The number of aryl methyl sites for hydroxylation is 1. The summed E-state index contributed by atoms with van der Waals surface area (Å²) in [6.45, 7) is 5.32. The average Bonchev–Trinajstić information content (AvgIpc) is 2.88. The molecule has 0 bridgehead atoms. The third-order valence-corrected chi connectivity index (χ3v) is 4.46. The van der Waals surface area contributed by atoms with Crippen LogP contribution in [0.5, 0.6) is 0 Å². The summed E-state index contributed by atoms with van der Waals surface area (Å²) in [7, 11) is 0. The van der Waals surface area contributed by atoms with Crippen LogP contribution in [0.2, 0.25) is 0 Å². The molecule has 3 nitrogen and oxygen atoms in total. The first kappa shape index (κ1) is 13.6. The molecule has 1 atom stereocenters. The van der Waals surface area contributed by atoms with Crippen LogP contribution in [0.4, 0.5) is 0 Å². The summed E-state index contributed by atoms with van der Waals surface area (Å²) in [5, 5.41) is 4.33. The minimum atomic E-state index is 0.188. The minimum Gasteiger partial charge on any atom is -0.324 e. The van der Waals surface area contributed by atoms with Crippen molar-refractivity contribution < 1.29 is 0 Å². The highest BCUT2D eigenvalue weighted by Crippen LogP contribution is 2.37.